The summed E-state index contributed by atoms with van der Waals surface area (Å²) in [6.07, 6.45) is 5.08. The number of nitrogens with zero attached hydrogens (tertiary/aromatic N) is 3. The van der Waals surface area contributed by atoms with E-state index in [1.54, 1.807) is 18.6 Å². The first-order valence-electron chi connectivity index (χ1n) is 9.90. The fraction of sp³-hybridized carbons (Fsp3) is 0.500. The number of rotatable bonds is 10. The molecule has 0 saturated carbocycles. The van der Waals surface area contributed by atoms with Crippen molar-refractivity contribution in [2.24, 2.45) is 11.8 Å². The van der Waals surface area contributed by atoms with E-state index in [0.29, 0.717) is 17.7 Å². The molecule has 0 amide bonds. The van der Waals surface area contributed by atoms with Crippen LogP contribution in [0.4, 0.5) is 17.2 Å². The van der Waals surface area contributed by atoms with Crippen molar-refractivity contribution in [1.29, 1.82) is 0 Å². The van der Waals surface area contributed by atoms with E-state index >= 15 is 0 Å². The Morgan fingerprint density at radius 1 is 1.11 bits per heavy atom. The third-order valence-electron chi connectivity index (χ3n) is 4.41. The first-order chi connectivity index (χ1) is 13.3. The van der Waals surface area contributed by atoms with Crippen LogP contribution in [0.5, 0.6) is 0 Å². The minimum absolute atomic E-state index is 0.0717. The standard InChI is InChI=1S/C22H32N4O2/c1-15(2)13-26(14-16(3)4)20-7-6-18(17(5)10-22(27)28)11-19(20)25-21-12-23-8-9-24-21/h6-9,11-12,15-17H,10,13-14H2,1-5H3,(H,24,25)(H,27,28). The highest BCUT2D eigenvalue weighted by atomic mass is 16.4. The Morgan fingerprint density at radius 3 is 2.32 bits per heavy atom. The van der Waals surface area contributed by atoms with Crippen LogP contribution in [0.2, 0.25) is 0 Å². The molecule has 0 spiro atoms. The van der Waals surface area contributed by atoms with Crippen molar-refractivity contribution in [3.63, 3.8) is 0 Å². The van der Waals surface area contributed by atoms with Crippen LogP contribution in [-0.2, 0) is 4.79 Å². The molecule has 0 bridgehead atoms. The van der Waals surface area contributed by atoms with Gasteiger partial charge in [0, 0.05) is 25.5 Å². The van der Waals surface area contributed by atoms with Crippen molar-refractivity contribution in [3.05, 3.63) is 42.4 Å². The smallest absolute Gasteiger partial charge is 0.303 e. The lowest BCUT2D eigenvalue weighted by atomic mass is 9.96. The number of hydrogen-bond donors (Lipinski definition) is 2. The van der Waals surface area contributed by atoms with Crippen molar-refractivity contribution < 1.29 is 9.90 Å². The molecule has 1 aromatic carbocycles. The fourth-order valence-corrected chi connectivity index (χ4v) is 3.27. The van der Waals surface area contributed by atoms with Gasteiger partial charge in [-0.25, -0.2) is 4.98 Å². The molecule has 2 N–H and O–H groups in total. The average Bonchev–Trinajstić information content (AvgIpc) is 2.60. The Morgan fingerprint density at radius 2 is 1.79 bits per heavy atom. The normalized spacial score (nSPS) is 12.2. The second-order valence-corrected chi connectivity index (χ2v) is 8.18. The van der Waals surface area contributed by atoms with Crippen molar-refractivity contribution >= 4 is 23.2 Å². The minimum atomic E-state index is -0.791. The summed E-state index contributed by atoms with van der Waals surface area (Å²) in [6, 6.07) is 6.18. The molecule has 1 atom stereocenters. The molecular formula is C22H32N4O2. The number of nitrogens with one attached hydrogen (secondary N) is 1. The Bertz CT molecular complexity index is 752. The maximum absolute atomic E-state index is 11.1. The molecule has 1 unspecified atom stereocenters. The van der Waals surface area contributed by atoms with Gasteiger partial charge in [0.25, 0.3) is 0 Å². The third kappa shape index (κ3) is 6.51. The predicted octanol–water partition coefficient (Wildman–Crippen LogP) is 4.92. The monoisotopic (exact) mass is 384 g/mol. The van der Waals surface area contributed by atoms with E-state index in [-0.39, 0.29) is 12.3 Å². The average molecular weight is 385 g/mol. The molecule has 1 heterocycles. The fourth-order valence-electron chi connectivity index (χ4n) is 3.27. The minimum Gasteiger partial charge on any atom is -0.481 e. The zero-order valence-electron chi connectivity index (χ0n) is 17.5. The molecule has 6 nitrogen and oxygen atoms in total. The van der Waals surface area contributed by atoms with E-state index in [1.165, 1.54) is 0 Å². The molecule has 1 aromatic heterocycles. The first-order valence-corrected chi connectivity index (χ1v) is 9.90. The molecule has 152 valence electrons. The topological polar surface area (TPSA) is 78.4 Å². The zero-order chi connectivity index (χ0) is 20.7. The summed E-state index contributed by atoms with van der Waals surface area (Å²) in [7, 11) is 0. The van der Waals surface area contributed by atoms with Gasteiger partial charge in [-0.1, -0.05) is 40.7 Å². The molecule has 0 fully saturated rings. The second kappa shape index (κ2) is 10.1. The molecule has 0 aliphatic rings. The predicted molar refractivity (Wildman–Crippen MR) is 114 cm³/mol. The van der Waals surface area contributed by atoms with Gasteiger partial charge in [0.15, 0.2) is 0 Å². The number of aliphatic carboxylic acids is 1. The van der Waals surface area contributed by atoms with Crippen LogP contribution in [0.3, 0.4) is 0 Å². The quantitative estimate of drug-likeness (QED) is 0.605. The molecule has 6 heteroatoms. The van der Waals surface area contributed by atoms with Crippen LogP contribution < -0.4 is 10.2 Å². The number of hydrogen-bond acceptors (Lipinski definition) is 5. The highest BCUT2D eigenvalue weighted by Crippen LogP contribution is 2.33. The number of aromatic nitrogens is 2. The van der Waals surface area contributed by atoms with Gasteiger partial charge in [0.1, 0.15) is 5.82 Å². The number of carboxylic acid groups (broad SMARTS) is 1. The SMILES string of the molecule is CC(C)CN(CC(C)C)c1ccc(C(C)CC(=O)O)cc1Nc1cnccn1. The maximum Gasteiger partial charge on any atom is 0.303 e. The summed E-state index contributed by atoms with van der Waals surface area (Å²) in [4.78, 5) is 22.0. The van der Waals surface area contributed by atoms with E-state index in [0.717, 1.165) is 30.0 Å². The van der Waals surface area contributed by atoms with Gasteiger partial charge in [-0.05, 0) is 35.4 Å². The van der Waals surface area contributed by atoms with E-state index in [1.807, 2.05) is 19.1 Å². The van der Waals surface area contributed by atoms with Gasteiger partial charge in [0.05, 0.1) is 24.0 Å². The number of anilines is 3. The van der Waals surface area contributed by atoms with Crippen LogP contribution in [0.15, 0.2) is 36.8 Å². The molecule has 0 aliphatic heterocycles. The lowest BCUT2D eigenvalue weighted by molar-refractivity contribution is -0.137. The molecular weight excluding hydrogens is 352 g/mol. The summed E-state index contributed by atoms with van der Waals surface area (Å²) < 4.78 is 0. The van der Waals surface area contributed by atoms with Gasteiger partial charge in [0.2, 0.25) is 0 Å². The number of carbonyl (C=O) groups is 1. The largest absolute Gasteiger partial charge is 0.481 e. The van der Waals surface area contributed by atoms with E-state index in [9.17, 15) is 4.79 Å². The van der Waals surface area contributed by atoms with Crippen molar-refractivity contribution in [1.82, 2.24) is 9.97 Å². The number of benzene rings is 1. The van der Waals surface area contributed by atoms with Crippen LogP contribution in [0.25, 0.3) is 0 Å². The molecule has 0 radical (unpaired) electrons. The van der Waals surface area contributed by atoms with Crippen LogP contribution in [0.1, 0.15) is 52.5 Å². The Balaban J connectivity index is 2.44. The van der Waals surface area contributed by atoms with Crippen LogP contribution in [-0.4, -0.2) is 34.1 Å². The molecule has 0 aliphatic carbocycles. The Hall–Kier alpha value is -2.63. The molecule has 2 rings (SSSR count). The molecule has 0 saturated heterocycles. The summed E-state index contributed by atoms with van der Waals surface area (Å²) >= 11 is 0. The van der Waals surface area contributed by atoms with Gasteiger partial charge in [-0.2, -0.15) is 0 Å². The summed E-state index contributed by atoms with van der Waals surface area (Å²) in [5.74, 6) is 0.849. The summed E-state index contributed by atoms with van der Waals surface area (Å²) in [5.41, 5.74) is 3.02. The highest BCUT2D eigenvalue weighted by Gasteiger charge is 2.18. The van der Waals surface area contributed by atoms with Gasteiger partial charge >= 0.3 is 5.97 Å². The lowest BCUT2D eigenvalue weighted by Crippen LogP contribution is -2.31. The van der Waals surface area contributed by atoms with E-state index in [2.05, 4.69) is 53.9 Å². The highest BCUT2D eigenvalue weighted by molar-refractivity contribution is 5.76. The van der Waals surface area contributed by atoms with Crippen molar-refractivity contribution in [2.75, 3.05) is 23.3 Å². The van der Waals surface area contributed by atoms with E-state index < -0.39 is 5.97 Å². The molecule has 2 aromatic rings. The lowest BCUT2D eigenvalue weighted by Gasteiger charge is -2.31. The van der Waals surface area contributed by atoms with Crippen LogP contribution >= 0.6 is 0 Å². The van der Waals surface area contributed by atoms with Gasteiger partial charge in [-0.15, -0.1) is 0 Å². The molecule has 28 heavy (non-hydrogen) atoms. The van der Waals surface area contributed by atoms with Crippen LogP contribution in [0, 0.1) is 11.8 Å². The summed E-state index contributed by atoms with van der Waals surface area (Å²) in [6.45, 7) is 12.7. The third-order valence-corrected chi connectivity index (χ3v) is 4.41. The Kier molecular flexibility index (Phi) is 7.79. The number of carboxylic acids is 1. The maximum atomic E-state index is 11.1. The summed E-state index contributed by atoms with van der Waals surface area (Å²) in [5, 5.41) is 12.5. The van der Waals surface area contributed by atoms with Gasteiger partial charge < -0.3 is 15.3 Å². The zero-order valence-corrected chi connectivity index (χ0v) is 17.5. The Labute approximate surface area is 168 Å². The van der Waals surface area contributed by atoms with Crippen molar-refractivity contribution in [2.45, 2.75) is 47.0 Å². The van der Waals surface area contributed by atoms with Crippen molar-refractivity contribution in [3.8, 4) is 0 Å². The second-order valence-electron chi connectivity index (χ2n) is 8.18. The van der Waals surface area contributed by atoms with Gasteiger partial charge in [-0.3, -0.25) is 9.78 Å². The first kappa shape index (κ1) is 21.7. The van der Waals surface area contributed by atoms with E-state index in [4.69, 9.17) is 5.11 Å².